The van der Waals surface area contributed by atoms with Crippen molar-refractivity contribution < 1.29 is 22.7 Å². The molecular weight excluding hydrogens is 428 g/mol. The Labute approximate surface area is 190 Å². The minimum absolute atomic E-state index is 0.0306. The van der Waals surface area contributed by atoms with Crippen LogP contribution in [0.1, 0.15) is 54.5 Å². The monoisotopic (exact) mass is 460 g/mol. The minimum atomic E-state index is -3.65. The van der Waals surface area contributed by atoms with Gasteiger partial charge in [-0.1, -0.05) is 6.07 Å². The second-order valence-electron chi connectivity index (χ2n) is 8.14. The number of carbonyl (C=O) groups excluding carboxylic acids is 1. The van der Waals surface area contributed by atoms with E-state index in [1.807, 2.05) is 32.0 Å². The number of rotatable bonds is 9. The molecule has 1 atom stereocenters. The van der Waals surface area contributed by atoms with E-state index in [4.69, 9.17) is 9.47 Å². The molecule has 0 radical (unpaired) electrons. The number of sulfonamides is 1. The van der Waals surface area contributed by atoms with Crippen LogP contribution in [0.5, 0.6) is 11.5 Å². The van der Waals surface area contributed by atoms with Crippen LogP contribution in [-0.4, -0.2) is 35.1 Å². The number of carbonyl (C=O) groups is 1. The van der Waals surface area contributed by atoms with Crippen molar-refractivity contribution in [2.24, 2.45) is 0 Å². The van der Waals surface area contributed by atoms with Crippen molar-refractivity contribution in [1.82, 2.24) is 10.0 Å². The lowest BCUT2D eigenvalue weighted by Crippen LogP contribution is -2.32. The highest BCUT2D eigenvalue weighted by atomic mass is 32.2. The Kier molecular flexibility index (Phi) is 7.79. The number of ether oxygens (including phenoxy) is 2. The molecule has 0 saturated heterocycles. The summed E-state index contributed by atoms with van der Waals surface area (Å²) in [5.74, 6) is 0.982. The second-order valence-corrected chi connectivity index (χ2v) is 9.91. The molecule has 32 heavy (non-hydrogen) atoms. The van der Waals surface area contributed by atoms with Gasteiger partial charge in [0, 0.05) is 13.0 Å². The fraction of sp³-hybridized carbons (Fsp3) is 0.458. The lowest BCUT2D eigenvalue weighted by atomic mass is 9.92. The smallest absolute Gasteiger partial charge is 0.240 e. The van der Waals surface area contributed by atoms with Crippen LogP contribution in [0.25, 0.3) is 0 Å². The van der Waals surface area contributed by atoms with Crippen molar-refractivity contribution in [3.8, 4) is 11.5 Å². The molecule has 2 N–H and O–H groups in total. The van der Waals surface area contributed by atoms with Crippen LogP contribution < -0.4 is 19.5 Å². The van der Waals surface area contributed by atoms with E-state index in [2.05, 4.69) is 10.0 Å². The van der Waals surface area contributed by atoms with Crippen LogP contribution in [-0.2, 0) is 27.7 Å². The maximum absolute atomic E-state index is 12.7. The Balaban J connectivity index is 1.57. The summed E-state index contributed by atoms with van der Waals surface area (Å²) in [5, 5.41) is 2.92. The SMILES string of the molecule is COc1cc(C)c(C(C)NC(=O)CCNS(=O)(=O)c2ccc3c(c2)CCCC3)cc1OC. The standard InChI is InChI=1S/C24H32N2O5S/c1-16-13-22(30-3)23(31-4)15-21(16)17(2)26-24(27)11-12-25-32(28,29)20-10-9-18-7-5-6-8-19(18)14-20/h9-10,13-15,17,25H,5-8,11-12H2,1-4H3,(H,26,27). The molecule has 1 aliphatic rings. The Bertz CT molecular complexity index is 1080. The third kappa shape index (κ3) is 5.61. The van der Waals surface area contributed by atoms with E-state index < -0.39 is 10.0 Å². The minimum Gasteiger partial charge on any atom is -0.493 e. The molecule has 8 heteroatoms. The van der Waals surface area contributed by atoms with E-state index in [-0.39, 0.29) is 29.8 Å². The number of nitrogens with one attached hydrogen (secondary N) is 2. The summed E-state index contributed by atoms with van der Waals surface area (Å²) in [4.78, 5) is 12.7. The number of methoxy groups -OCH3 is 2. The zero-order valence-electron chi connectivity index (χ0n) is 19.2. The van der Waals surface area contributed by atoms with Gasteiger partial charge in [-0.2, -0.15) is 0 Å². The maximum atomic E-state index is 12.7. The van der Waals surface area contributed by atoms with Gasteiger partial charge in [-0.15, -0.1) is 0 Å². The van der Waals surface area contributed by atoms with Gasteiger partial charge in [-0.05, 0) is 86.1 Å². The first-order valence-corrected chi connectivity index (χ1v) is 12.4. The van der Waals surface area contributed by atoms with Crippen molar-refractivity contribution in [2.45, 2.75) is 56.9 Å². The molecule has 1 unspecified atom stereocenters. The lowest BCUT2D eigenvalue weighted by Gasteiger charge is -2.19. The largest absolute Gasteiger partial charge is 0.493 e. The summed E-state index contributed by atoms with van der Waals surface area (Å²) in [7, 11) is -0.513. The van der Waals surface area contributed by atoms with E-state index in [1.54, 1.807) is 26.4 Å². The fourth-order valence-electron chi connectivity index (χ4n) is 4.11. The molecule has 0 spiro atoms. The highest BCUT2D eigenvalue weighted by Crippen LogP contribution is 2.32. The molecule has 0 bridgehead atoms. The van der Waals surface area contributed by atoms with Gasteiger partial charge in [-0.3, -0.25) is 4.79 Å². The topological polar surface area (TPSA) is 93.7 Å². The van der Waals surface area contributed by atoms with E-state index >= 15 is 0 Å². The van der Waals surface area contributed by atoms with Crippen LogP contribution in [0.4, 0.5) is 0 Å². The molecule has 2 aromatic carbocycles. The summed E-state index contributed by atoms with van der Waals surface area (Å²) in [6.07, 6.45) is 4.19. The van der Waals surface area contributed by atoms with Crippen LogP contribution in [0.3, 0.4) is 0 Å². The van der Waals surface area contributed by atoms with Crippen LogP contribution >= 0.6 is 0 Å². The quantitative estimate of drug-likeness (QED) is 0.598. The summed E-state index contributed by atoms with van der Waals surface area (Å²) in [6, 6.07) is 8.76. The Morgan fingerprint density at radius 2 is 1.69 bits per heavy atom. The van der Waals surface area contributed by atoms with Crippen molar-refractivity contribution in [1.29, 1.82) is 0 Å². The van der Waals surface area contributed by atoms with Gasteiger partial charge in [-0.25, -0.2) is 13.1 Å². The molecule has 0 aromatic heterocycles. The summed E-state index contributed by atoms with van der Waals surface area (Å²) in [6.45, 7) is 3.85. The van der Waals surface area contributed by atoms with Crippen LogP contribution in [0.15, 0.2) is 35.2 Å². The number of hydrogen-bond donors (Lipinski definition) is 2. The van der Waals surface area contributed by atoms with Crippen LogP contribution in [0.2, 0.25) is 0 Å². The molecule has 0 fully saturated rings. The lowest BCUT2D eigenvalue weighted by molar-refractivity contribution is -0.121. The molecule has 174 valence electrons. The van der Waals surface area contributed by atoms with Gasteiger partial charge >= 0.3 is 0 Å². The van der Waals surface area contributed by atoms with Gasteiger partial charge in [0.1, 0.15) is 0 Å². The predicted molar refractivity (Wildman–Crippen MR) is 124 cm³/mol. The van der Waals surface area contributed by atoms with Crippen molar-refractivity contribution in [2.75, 3.05) is 20.8 Å². The third-order valence-corrected chi connectivity index (χ3v) is 7.35. The first-order chi connectivity index (χ1) is 15.2. The van der Waals surface area contributed by atoms with Gasteiger partial charge in [0.15, 0.2) is 11.5 Å². The maximum Gasteiger partial charge on any atom is 0.240 e. The molecule has 3 rings (SSSR count). The number of amides is 1. The average Bonchev–Trinajstić information content (AvgIpc) is 2.78. The second kappa shape index (κ2) is 10.4. The fourth-order valence-corrected chi connectivity index (χ4v) is 5.20. The van der Waals surface area contributed by atoms with Gasteiger partial charge in [0.2, 0.25) is 15.9 Å². The molecule has 7 nitrogen and oxygen atoms in total. The van der Waals surface area contributed by atoms with Crippen LogP contribution in [0, 0.1) is 6.92 Å². The van der Waals surface area contributed by atoms with Gasteiger partial charge < -0.3 is 14.8 Å². The van der Waals surface area contributed by atoms with Gasteiger partial charge in [0.25, 0.3) is 0 Å². The summed E-state index contributed by atoms with van der Waals surface area (Å²) < 4.78 is 38.5. The highest BCUT2D eigenvalue weighted by Gasteiger charge is 2.19. The normalized spacial score (nSPS) is 14.4. The summed E-state index contributed by atoms with van der Waals surface area (Å²) in [5.41, 5.74) is 4.21. The molecule has 1 amide bonds. The molecule has 2 aromatic rings. The van der Waals surface area contributed by atoms with Crippen molar-refractivity contribution in [3.05, 3.63) is 52.6 Å². The number of aryl methyl sites for hydroxylation is 3. The van der Waals surface area contributed by atoms with Gasteiger partial charge in [0.05, 0.1) is 25.2 Å². The molecule has 1 aliphatic carbocycles. The third-order valence-electron chi connectivity index (χ3n) is 5.89. The number of fused-ring (bicyclic) bond motifs is 1. The molecule has 0 heterocycles. The zero-order valence-corrected chi connectivity index (χ0v) is 20.0. The molecule has 0 aliphatic heterocycles. The Morgan fingerprint density at radius 1 is 1.03 bits per heavy atom. The van der Waals surface area contributed by atoms with E-state index in [0.29, 0.717) is 11.5 Å². The Morgan fingerprint density at radius 3 is 2.38 bits per heavy atom. The van der Waals surface area contributed by atoms with E-state index in [1.165, 1.54) is 5.56 Å². The predicted octanol–water partition coefficient (Wildman–Crippen LogP) is 3.44. The highest BCUT2D eigenvalue weighted by molar-refractivity contribution is 7.89. The molecule has 0 saturated carbocycles. The van der Waals surface area contributed by atoms with E-state index in [9.17, 15) is 13.2 Å². The Hall–Kier alpha value is -2.58. The number of benzene rings is 2. The van der Waals surface area contributed by atoms with E-state index in [0.717, 1.165) is 42.4 Å². The average molecular weight is 461 g/mol. The van der Waals surface area contributed by atoms with Crippen molar-refractivity contribution >= 4 is 15.9 Å². The number of hydrogen-bond acceptors (Lipinski definition) is 5. The molecular formula is C24H32N2O5S. The van der Waals surface area contributed by atoms with Crippen molar-refractivity contribution in [3.63, 3.8) is 0 Å². The summed E-state index contributed by atoms with van der Waals surface area (Å²) >= 11 is 0. The first kappa shape index (κ1) is 24.1. The zero-order chi connectivity index (χ0) is 23.3. The first-order valence-electron chi connectivity index (χ1n) is 10.9.